The third-order valence-corrected chi connectivity index (χ3v) is 3.03. The number of carbonyl (C=O) groups excluding carboxylic acids is 1. The molecule has 0 aromatic carbocycles. The third-order valence-electron chi connectivity index (χ3n) is 3.03. The molecule has 0 radical (unpaired) electrons. The Balaban J connectivity index is 2.72. The Morgan fingerprint density at radius 2 is 1.84 bits per heavy atom. The van der Waals surface area contributed by atoms with Gasteiger partial charge in [-0.25, -0.2) is 0 Å². The third kappa shape index (κ3) is 6.29. The summed E-state index contributed by atoms with van der Waals surface area (Å²) in [5.41, 5.74) is 0. The Labute approximate surface area is 114 Å². The molecule has 0 saturated heterocycles. The zero-order valence-electron chi connectivity index (χ0n) is 11.8. The Kier molecular flexibility index (Phi) is 8.66. The lowest BCUT2D eigenvalue weighted by Gasteiger charge is -2.25. The van der Waals surface area contributed by atoms with E-state index in [1.54, 1.807) is 13.2 Å². The van der Waals surface area contributed by atoms with Crippen LogP contribution in [0.2, 0.25) is 0 Å². The summed E-state index contributed by atoms with van der Waals surface area (Å²) in [4.78, 5) is 12.1. The summed E-state index contributed by atoms with van der Waals surface area (Å²) >= 11 is 0. The monoisotopic (exact) mass is 272 g/mol. The molecule has 0 aromatic heterocycles. The first kappa shape index (κ1) is 16.3. The van der Waals surface area contributed by atoms with E-state index in [-0.39, 0.29) is 25.5 Å². The number of rotatable bonds is 6. The van der Waals surface area contributed by atoms with E-state index in [0.717, 1.165) is 32.1 Å². The van der Waals surface area contributed by atoms with Crippen molar-refractivity contribution in [1.82, 2.24) is 0 Å². The first-order chi connectivity index (χ1) is 9.29. The van der Waals surface area contributed by atoms with Crippen LogP contribution in [0.25, 0.3) is 0 Å². The average Bonchev–Trinajstić information content (AvgIpc) is 2.42. The Hall–Kier alpha value is -0.750. The van der Waals surface area contributed by atoms with Crippen LogP contribution in [0.15, 0.2) is 12.2 Å². The molecule has 0 bridgehead atoms. The molecule has 0 fully saturated rings. The molecule has 0 aromatic rings. The Morgan fingerprint density at radius 3 is 2.58 bits per heavy atom. The summed E-state index contributed by atoms with van der Waals surface area (Å²) in [6, 6.07) is 0. The van der Waals surface area contributed by atoms with E-state index in [0.29, 0.717) is 0 Å². The van der Waals surface area contributed by atoms with Crippen molar-refractivity contribution in [2.24, 2.45) is 0 Å². The lowest BCUT2D eigenvalue weighted by Crippen LogP contribution is -2.39. The zero-order chi connectivity index (χ0) is 13.9. The fourth-order valence-corrected chi connectivity index (χ4v) is 2.07. The van der Waals surface area contributed by atoms with Crippen molar-refractivity contribution in [2.75, 3.05) is 27.8 Å². The number of carbonyl (C=O) groups is 1. The van der Waals surface area contributed by atoms with E-state index < -0.39 is 6.10 Å². The van der Waals surface area contributed by atoms with Crippen LogP contribution < -0.4 is 0 Å². The summed E-state index contributed by atoms with van der Waals surface area (Å²) < 4.78 is 20.9. The fourth-order valence-electron chi connectivity index (χ4n) is 2.07. The number of hydrogen-bond acceptors (Lipinski definition) is 5. The van der Waals surface area contributed by atoms with Crippen molar-refractivity contribution < 1.29 is 23.7 Å². The van der Waals surface area contributed by atoms with Gasteiger partial charge in [-0.05, 0) is 25.3 Å². The van der Waals surface area contributed by atoms with Crippen LogP contribution >= 0.6 is 0 Å². The molecular weight excluding hydrogens is 248 g/mol. The second-order valence-corrected chi connectivity index (χ2v) is 4.55. The lowest BCUT2D eigenvalue weighted by atomic mass is 9.99. The molecule has 2 atom stereocenters. The van der Waals surface area contributed by atoms with Gasteiger partial charge in [0.25, 0.3) is 0 Å². The molecule has 0 amide bonds. The SMILES string of the molecule is COCOC1CCCCCC=CC(=O)C1OCOC. The summed E-state index contributed by atoms with van der Waals surface area (Å²) in [6.07, 6.45) is 7.56. The van der Waals surface area contributed by atoms with Crippen LogP contribution in [0.4, 0.5) is 0 Å². The first-order valence-corrected chi connectivity index (χ1v) is 6.71. The molecule has 5 nitrogen and oxygen atoms in total. The molecule has 0 heterocycles. The Morgan fingerprint density at radius 1 is 1.11 bits per heavy atom. The minimum Gasteiger partial charge on any atom is -0.359 e. The van der Waals surface area contributed by atoms with Gasteiger partial charge in [-0.1, -0.05) is 18.9 Å². The number of ketones is 1. The van der Waals surface area contributed by atoms with Gasteiger partial charge in [-0.15, -0.1) is 0 Å². The van der Waals surface area contributed by atoms with E-state index in [4.69, 9.17) is 18.9 Å². The lowest BCUT2D eigenvalue weighted by molar-refractivity contribution is -0.168. The van der Waals surface area contributed by atoms with Crippen molar-refractivity contribution >= 4 is 5.78 Å². The second-order valence-electron chi connectivity index (χ2n) is 4.55. The van der Waals surface area contributed by atoms with Crippen LogP contribution in [0, 0.1) is 0 Å². The number of allylic oxidation sites excluding steroid dienone is 1. The van der Waals surface area contributed by atoms with E-state index in [9.17, 15) is 4.79 Å². The molecule has 0 N–H and O–H groups in total. The maximum Gasteiger partial charge on any atom is 0.186 e. The predicted octanol–water partition coefficient (Wildman–Crippen LogP) is 2.05. The first-order valence-electron chi connectivity index (χ1n) is 6.71. The Bertz CT molecular complexity index is 277. The van der Waals surface area contributed by atoms with E-state index in [2.05, 4.69) is 0 Å². The molecule has 2 unspecified atom stereocenters. The summed E-state index contributed by atoms with van der Waals surface area (Å²) in [7, 11) is 3.10. The summed E-state index contributed by atoms with van der Waals surface area (Å²) in [5, 5.41) is 0. The van der Waals surface area contributed by atoms with Gasteiger partial charge in [0.15, 0.2) is 5.78 Å². The topological polar surface area (TPSA) is 54.0 Å². The highest BCUT2D eigenvalue weighted by Gasteiger charge is 2.28. The molecular formula is C14H24O5. The van der Waals surface area contributed by atoms with Crippen LogP contribution in [0.3, 0.4) is 0 Å². The molecule has 0 saturated carbocycles. The molecule has 1 rings (SSSR count). The minimum atomic E-state index is -0.621. The van der Waals surface area contributed by atoms with Crippen molar-refractivity contribution in [3.63, 3.8) is 0 Å². The van der Waals surface area contributed by atoms with E-state index in [1.807, 2.05) is 6.08 Å². The standard InChI is InChI=1S/C14H24O5/c1-16-10-18-13-9-7-5-3-4-6-8-12(15)14(13)19-11-17-2/h6,8,13-14H,3-5,7,9-11H2,1-2H3. The van der Waals surface area contributed by atoms with Gasteiger partial charge in [-0.2, -0.15) is 0 Å². The molecule has 19 heavy (non-hydrogen) atoms. The maximum atomic E-state index is 12.1. The fraction of sp³-hybridized carbons (Fsp3) is 0.786. The van der Waals surface area contributed by atoms with Crippen LogP contribution in [0.1, 0.15) is 32.1 Å². The quantitative estimate of drug-likeness (QED) is 0.693. The highest BCUT2D eigenvalue weighted by Crippen LogP contribution is 2.17. The second kappa shape index (κ2) is 10.1. The normalized spacial score (nSPS) is 25.5. The molecule has 110 valence electrons. The molecule has 1 aliphatic carbocycles. The average molecular weight is 272 g/mol. The van der Waals surface area contributed by atoms with E-state index in [1.165, 1.54) is 7.11 Å². The number of ether oxygens (including phenoxy) is 4. The van der Waals surface area contributed by atoms with Gasteiger partial charge in [0.1, 0.15) is 19.7 Å². The summed E-state index contributed by atoms with van der Waals surface area (Å²) in [6.45, 7) is 0.242. The van der Waals surface area contributed by atoms with Crippen LogP contribution in [0.5, 0.6) is 0 Å². The van der Waals surface area contributed by atoms with Crippen molar-refractivity contribution in [3.8, 4) is 0 Å². The predicted molar refractivity (Wildman–Crippen MR) is 70.7 cm³/mol. The van der Waals surface area contributed by atoms with Gasteiger partial charge in [0, 0.05) is 14.2 Å². The molecule has 5 heteroatoms. The maximum absolute atomic E-state index is 12.1. The van der Waals surface area contributed by atoms with Crippen LogP contribution in [-0.4, -0.2) is 45.8 Å². The van der Waals surface area contributed by atoms with Gasteiger partial charge in [-0.3, -0.25) is 4.79 Å². The van der Waals surface area contributed by atoms with Crippen molar-refractivity contribution in [2.45, 2.75) is 44.3 Å². The van der Waals surface area contributed by atoms with Crippen molar-refractivity contribution in [3.05, 3.63) is 12.2 Å². The van der Waals surface area contributed by atoms with Gasteiger partial charge in [0.2, 0.25) is 0 Å². The van der Waals surface area contributed by atoms with Gasteiger partial charge >= 0.3 is 0 Å². The molecule has 0 spiro atoms. The highest BCUT2D eigenvalue weighted by atomic mass is 16.7. The van der Waals surface area contributed by atoms with Gasteiger partial charge in [0.05, 0.1) is 6.10 Å². The number of methoxy groups -OCH3 is 2. The molecule has 1 aliphatic rings. The molecule has 0 aliphatic heterocycles. The highest BCUT2D eigenvalue weighted by molar-refractivity contribution is 5.94. The smallest absolute Gasteiger partial charge is 0.186 e. The van der Waals surface area contributed by atoms with Crippen molar-refractivity contribution in [1.29, 1.82) is 0 Å². The van der Waals surface area contributed by atoms with E-state index >= 15 is 0 Å². The minimum absolute atomic E-state index is 0.0694. The number of hydrogen-bond donors (Lipinski definition) is 0. The summed E-state index contributed by atoms with van der Waals surface area (Å²) in [5.74, 6) is -0.0694. The van der Waals surface area contributed by atoms with Gasteiger partial charge < -0.3 is 18.9 Å². The van der Waals surface area contributed by atoms with Crippen LogP contribution in [-0.2, 0) is 23.7 Å². The largest absolute Gasteiger partial charge is 0.359 e. The zero-order valence-corrected chi connectivity index (χ0v) is 11.8.